The molecule has 2 aromatic heterocycles. The maximum Gasteiger partial charge on any atom is 0.264 e. The van der Waals surface area contributed by atoms with E-state index < -0.39 is 0 Å². The van der Waals surface area contributed by atoms with Crippen molar-refractivity contribution >= 4 is 33.9 Å². The molecule has 0 radical (unpaired) electrons. The van der Waals surface area contributed by atoms with Crippen LogP contribution in [0.1, 0.15) is 21.1 Å². The Morgan fingerprint density at radius 2 is 1.88 bits per heavy atom. The summed E-state index contributed by atoms with van der Waals surface area (Å²) < 4.78 is 17.4. The molecule has 3 aromatic rings. The van der Waals surface area contributed by atoms with E-state index in [2.05, 4.69) is 14.3 Å². The zero-order chi connectivity index (χ0) is 17.9. The van der Waals surface area contributed by atoms with E-state index in [1.165, 1.54) is 35.0 Å². The number of nitrogens with zero attached hydrogens (tertiary/aromatic N) is 4. The topological polar surface area (TPSA) is 49.3 Å². The number of hydrogen-bond donors (Lipinski definition) is 0. The van der Waals surface area contributed by atoms with Crippen LogP contribution >= 0.6 is 22.9 Å². The van der Waals surface area contributed by atoms with Crippen molar-refractivity contribution in [3.8, 4) is 0 Å². The predicted molar refractivity (Wildman–Crippen MR) is 102 cm³/mol. The number of aromatic nitrogens is 2. The average molecular weight is 388 g/mol. The van der Waals surface area contributed by atoms with Crippen molar-refractivity contribution < 1.29 is 9.18 Å². The molecule has 134 valence electrons. The van der Waals surface area contributed by atoms with Gasteiger partial charge < -0.3 is 9.80 Å². The van der Waals surface area contributed by atoms with E-state index in [1.807, 2.05) is 22.4 Å². The van der Waals surface area contributed by atoms with Crippen LogP contribution in [-0.4, -0.2) is 46.3 Å². The molecular weight excluding hydrogens is 371 g/mol. The lowest BCUT2D eigenvalue weighted by molar-refractivity contribution is 0.0751. The Bertz CT molecular complexity index is 871. The summed E-state index contributed by atoms with van der Waals surface area (Å²) >= 11 is 2.85. The third-order valence-corrected chi connectivity index (χ3v) is 5.97. The zero-order valence-electron chi connectivity index (χ0n) is 14.0. The molecule has 1 aromatic carbocycles. The van der Waals surface area contributed by atoms with Crippen LogP contribution in [0, 0.1) is 5.82 Å². The number of benzene rings is 1. The van der Waals surface area contributed by atoms with Gasteiger partial charge in [0.05, 0.1) is 4.88 Å². The first-order chi connectivity index (χ1) is 12.7. The normalized spacial score (nSPS) is 14.7. The second-order valence-electron chi connectivity index (χ2n) is 6.05. The van der Waals surface area contributed by atoms with Gasteiger partial charge in [0.1, 0.15) is 11.6 Å². The molecule has 5 nitrogen and oxygen atoms in total. The predicted octanol–water partition coefficient (Wildman–Crippen LogP) is 3.29. The van der Waals surface area contributed by atoms with Gasteiger partial charge in [0.2, 0.25) is 5.13 Å². The van der Waals surface area contributed by atoms with Crippen LogP contribution < -0.4 is 4.90 Å². The van der Waals surface area contributed by atoms with Crippen molar-refractivity contribution in [2.75, 3.05) is 31.1 Å². The summed E-state index contributed by atoms with van der Waals surface area (Å²) in [6.45, 7) is 2.87. The van der Waals surface area contributed by atoms with E-state index in [0.717, 1.165) is 34.5 Å². The summed E-state index contributed by atoms with van der Waals surface area (Å²) in [5.41, 5.74) is 0.988. The number of carbonyl (C=O) groups is 1. The Morgan fingerprint density at radius 1 is 1.12 bits per heavy atom. The van der Waals surface area contributed by atoms with E-state index in [-0.39, 0.29) is 11.7 Å². The molecule has 1 saturated heterocycles. The first kappa shape index (κ1) is 17.1. The lowest BCUT2D eigenvalue weighted by Gasteiger charge is -2.34. The number of thiophene rings is 1. The van der Waals surface area contributed by atoms with Crippen molar-refractivity contribution in [1.82, 2.24) is 14.3 Å². The Hall–Kier alpha value is -2.32. The molecule has 8 heteroatoms. The van der Waals surface area contributed by atoms with Gasteiger partial charge in [-0.25, -0.2) is 9.37 Å². The van der Waals surface area contributed by atoms with Gasteiger partial charge in [-0.15, -0.1) is 11.3 Å². The first-order valence-electron chi connectivity index (χ1n) is 8.34. The molecule has 4 rings (SSSR count). The van der Waals surface area contributed by atoms with Crippen molar-refractivity contribution in [2.45, 2.75) is 6.42 Å². The minimum absolute atomic E-state index is 0.105. The van der Waals surface area contributed by atoms with Crippen LogP contribution in [0.5, 0.6) is 0 Å². The number of halogens is 1. The van der Waals surface area contributed by atoms with E-state index >= 15 is 0 Å². The molecule has 0 aliphatic carbocycles. The molecule has 0 atom stereocenters. The Kier molecular flexibility index (Phi) is 4.94. The van der Waals surface area contributed by atoms with E-state index in [4.69, 9.17) is 0 Å². The summed E-state index contributed by atoms with van der Waals surface area (Å²) in [4.78, 5) is 21.9. The largest absolute Gasteiger partial charge is 0.343 e. The van der Waals surface area contributed by atoms with Gasteiger partial charge in [0, 0.05) is 44.1 Å². The molecule has 0 unspecified atom stereocenters. The quantitative estimate of drug-likeness (QED) is 0.688. The molecule has 1 fully saturated rings. The number of carbonyl (C=O) groups excluding carboxylic acids is 1. The average Bonchev–Trinajstić information content (AvgIpc) is 3.35. The molecular formula is C18H17FN4OS2. The molecule has 1 amide bonds. The monoisotopic (exact) mass is 388 g/mol. The molecule has 0 saturated carbocycles. The van der Waals surface area contributed by atoms with Crippen LogP contribution in [-0.2, 0) is 6.42 Å². The Morgan fingerprint density at radius 3 is 2.58 bits per heavy atom. The van der Waals surface area contributed by atoms with Crippen LogP contribution in [0.2, 0.25) is 0 Å². The van der Waals surface area contributed by atoms with E-state index in [9.17, 15) is 9.18 Å². The maximum absolute atomic E-state index is 13.0. The molecule has 3 heterocycles. The van der Waals surface area contributed by atoms with Crippen molar-refractivity contribution in [3.63, 3.8) is 0 Å². The Labute approximate surface area is 158 Å². The van der Waals surface area contributed by atoms with E-state index in [0.29, 0.717) is 19.5 Å². The first-order valence-corrected chi connectivity index (χ1v) is 9.99. The summed E-state index contributed by atoms with van der Waals surface area (Å²) in [6, 6.07) is 10.2. The number of hydrogen-bond acceptors (Lipinski definition) is 6. The van der Waals surface area contributed by atoms with Crippen molar-refractivity contribution in [1.29, 1.82) is 0 Å². The van der Waals surface area contributed by atoms with Crippen LogP contribution in [0.25, 0.3) is 0 Å². The van der Waals surface area contributed by atoms with Crippen LogP contribution in [0.4, 0.5) is 9.52 Å². The highest BCUT2D eigenvalue weighted by molar-refractivity contribution is 7.12. The SMILES string of the molecule is O=C(c1cccs1)N1CCN(c2nc(Cc3ccc(F)cc3)ns2)CC1. The van der Waals surface area contributed by atoms with Gasteiger partial charge in [-0.2, -0.15) is 4.37 Å². The van der Waals surface area contributed by atoms with Gasteiger partial charge in [-0.3, -0.25) is 4.79 Å². The smallest absolute Gasteiger partial charge is 0.264 e. The van der Waals surface area contributed by atoms with Gasteiger partial charge in [0.25, 0.3) is 5.91 Å². The second-order valence-corrected chi connectivity index (χ2v) is 7.73. The lowest BCUT2D eigenvalue weighted by atomic mass is 10.1. The molecule has 26 heavy (non-hydrogen) atoms. The number of piperazine rings is 1. The third kappa shape index (κ3) is 3.76. The van der Waals surface area contributed by atoms with Gasteiger partial charge in [-0.05, 0) is 29.1 Å². The number of rotatable bonds is 4. The fraction of sp³-hybridized carbons (Fsp3) is 0.278. The fourth-order valence-corrected chi connectivity index (χ4v) is 4.31. The van der Waals surface area contributed by atoms with Gasteiger partial charge >= 0.3 is 0 Å². The summed E-state index contributed by atoms with van der Waals surface area (Å²) in [6.07, 6.45) is 0.591. The molecule has 0 N–H and O–H groups in total. The minimum atomic E-state index is -0.240. The molecule has 0 spiro atoms. The molecule has 1 aliphatic heterocycles. The van der Waals surface area contributed by atoms with Crippen molar-refractivity contribution in [2.24, 2.45) is 0 Å². The van der Waals surface area contributed by atoms with Gasteiger partial charge in [-0.1, -0.05) is 18.2 Å². The van der Waals surface area contributed by atoms with Gasteiger partial charge in [0.15, 0.2) is 0 Å². The van der Waals surface area contributed by atoms with Crippen LogP contribution in [0.3, 0.4) is 0 Å². The third-order valence-electron chi connectivity index (χ3n) is 4.30. The highest BCUT2D eigenvalue weighted by atomic mass is 32.1. The lowest BCUT2D eigenvalue weighted by Crippen LogP contribution is -2.48. The van der Waals surface area contributed by atoms with Crippen LogP contribution in [0.15, 0.2) is 41.8 Å². The fourth-order valence-electron chi connectivity index (χ4n) is 2.89. The minimum Gasteiger partial charge on any atom is -0.343 e. The zero-order valence-corrected chi connectivity index (χ0v) is 15.6. The highest BCUT2D eigenvalue weighted by Gasteiger charge is 2.24. The summed E-state index contributed by atoms with van der Waals surface area (Å²) in [7, 11) is 0. The summed E-state index contributed by atoms with van der Waals surface area (Å²) in [5.74, 6) is 0.609. The Balaban J connectivity index is 1.35. The van der Waals surface area contributed by atoms with Crippen molar-refractivity contribution in [3.05, 3.63) is 63.9 Å². The number of anilines is 1. The highest BCUT2D eigenvalue weighted by Crippen LogP contribution is 2.21. The van der Waals surface area contributed by atoms with E-state index in [1.54, 1.807) is 12.1 Å². The number of amides is 1. The summed E-state index contributed by atoms with van der Waals surface area (Å²) in [5, 5.41) is 2.80. The maximum atomic E-state index is 13.0. The molecule has 0 bridgehead atoms. The molecule has 1 aliphatic rings. The second kappa shape index (κ2) is 7.51. The standard InChI is InChI=1S/C18H17FN4OS2/c19-14-5-3-13(4-6-14)12-16-20-18(26-21-16)23-9-7-22(8-10-23)17(24)15-2-1-11-25-15/h1-6,11H,7-10,12H2.